The standard InChI is InChI=1S/C13H25N3O/c1-2-16-9-5-12(6-10-16)15-13(17)11-3-7-14-8-4-11/h11-12,14H,2-10H2,1H3,(H,15,17). The maximum atomic E-state index is 12.1. The van der Waals surface area contributed by atoms with Crippen LogP contribution in [0.2, 0.25) is 0 Å². The molecule has 98 valence electrons. The summed E-state index contributed by atoms with van der Waals surface area (Å²) < 4.78 is 0. The number of nitrogens with one attached hydrogen (secondary N) is 2. The summed E-state index contributed by atoms with van der Waals surface area (Å²) >= 11 is 0. The minimum absolute atomic E-state index is 0.250. The number of carbonyl (C=O) groups excluding carboxylic acids is 1. The molecule has 2 N–H and O–H groups in total. The van der Waals surface area contributed by atoms with E-state index in [-0.39, 0.29) is 5.92 Å². The maximum absolute atomic E-state index is 12.1. The minimum Gasteiger partial charge on any atom is -0.353 e. The fourth-order valence-corrected chi connectivity index (χ4v) is 2.80. The summed E-state index contributed by atoms with van der Waals surface area (Å²) in [7, 11) is 0. The first-order chi connectivity index (χ1) is 8.29. The van der Waals surface area contributed by atoms with E-state index in [1.54, 1.807) is 0 Å². The van der Waals surface area contributed by atoms with Gasteiger partial charge in [-0.3, -0.25) is 4.79 Å². The molecule has 2 saturated heterocycles. The smallest absolute Gasteiger partial charge is 0.223 e. The monoisotopic (exact) mass is 239 g/mol. The van der Waals surface area contributed by atoms with Gasteiger partial charge in [-0.2, -0.15) is 0 Å². The van der Waals surface area contributed by atoms with Gasteiger partial charge in [-0.25, -0.2) is 0 Å². The zero-order valence-corrected chi connectivity index (χ0v) is 10.9. The van der Waals surface area contributed by atoms with Gasteiger partial charge in [0.1, 0.15) is 0 Å². The highest BCUT2D eigenvalue weighted by Crippen LogP contribution is 2.14. The van der Waals surface area contributed by atoms with E-state index in [4.69, 9.17) is 0 Å². The molecule has 4 nitrogen and oxygen atoms in total. The van der Waals surface area contributed by atoms with Crippen LogP contribution in [0.1, 0.15) is 32.6 Å². The fourth-order valence-electron chi connectivity index (χ4n) is 2.80. The molecule has 0 saturated carbocycles. The molecule has 2 aliphatic heterocycles. The Labute approximate surface area is 104 Å². The molecule has 0 aromatic rings. The largest absolute Gasteiger partial charge is 0.353 e. The predicted octanol–water partition coefficient (Wildman–Crippen LogP) is 0.587. The van der Waals surface area contributed by atoms with E-state index >= 15 is 0 Å². The summed E-state index contributed by atoms with van der Waals surface area (Å²) in [5, 5.41) is 6.54. The number of piperidine rings is 2. The molecule has 0 unspecified atom stereocenters. The van der Waals surface area contributed by atoms with Gasteiger partial charge in [0.25, 0.3) is 0 Å². The molecule has 2 aliphatic rings. The maximum Gasteiger partial charge on any atom is 0.223 e. The first-order valence-electron chi connectivity index (χ1n) is 7.03. The highest BCUT2D eigenvalue weighted by Gasteiger charge is 2.25. The van der Waals surface area contributed by atoms with E-state index in [1.165, 1.54) is 0 Å². The molecule has 0 aromatic heterocycles. The highest BCUT2D eigenvalue weighted by molar-refractivity contribution is 5.79. The fraction of sp³-hybridized carbons (Fsp3) is 0.923. The van der Waals surface area contributed by atoms with Crippen molar-refractivity contribution in [3.63, 3.8) is 0 Å². The number of carbonyl (C=O) groups is 1. The van der Waals surface area contributed by atoms with Crippen molar-refractivity contribution in [1.29, 1.82) is 0 Å². The van der Waals surface area contributed by atoms with E-state index < -0.39 is 0 Å². The Morgan fingerprint density at radius 1 is 1.24 bits per heavy atom. The zero-order valence-electron chi connectivity index (χ0n) is 10.9. The van der Waals surface area contributed by atoms with Gasteiger partial charge in [0.2, 0.25) is 5.91 Å². The van der Waals surface area contributed by atoms with Crippen molar-refractivity contribution < 1.29 is 4.79 Å². The van der Waals surface area contributed by atoms with E-state index in [1.807, 2.05) is 0 Å². The molecule has 2 fully saturated rings. The average Bonchev–Trinajstić information content (AvgIpc) is 2.40. The molecule has 2 heterocycles. The summed E-state index contributed by atoms with van der Waals surface area (Å²) in [6, 6.07) is 0.417. The average molecular weight is 239 g/mol. The summed E-state index contributed by atoms with van der Waals surface area (Å²) in [5.41, 5.74) is 0. The first kappa shape index (κ1) is 12.8. The molecule has 0 aromatic carbocycles. The van der Waals surface area contributed by atoms with Crippen LogP contribution in [0.4, 0.5) is 0 Å². The Kier molecular flexibility index (Phi) is 4.80. The summed E-state index contributed by atoms with van der Waals surface area (Å²) in [6.45, 7) is 7.59. The topological polar surface area (TPSA) is 44.4 Å². The van der Waals surface area contributed by atoms with Gasteiger partial charge >= 0.3 is 0 Å². The second-order valence-corrected chi connectivity index (χ2v) is 5.24. The van der Waals surface area contributed by atoms with Gasteiger partial charge in [-0.1, -0.05) is 6.92 Å². The molecule has 0 bridgehead atoms. The Morgan fingerprint density at radius 3 is 2.47 bits per heavy atom. The Hall–Kier alpha value is -0.610. The first-order valence-corrected chi connectivity index (χ1v) is 7.03. The van der Waals surface area contributed by atoms with Crippen molar-refractivity contribution in [3.8, 4) is 0 Å². The SMILES string of the molecule is CCN1CCC(NC(=O)C2CCNCC2)CC1. The van der Waals surface area contributed by atoms with Crippen LogP contribution in [0, 0.1) is 5.92 Å². The summed E-state index contributed by atoms with van der Waals surface area (Å²) in [4.78, 5) is 14.5. The van der Waals surface area contributed by atoms with Crippen LogP contribution in [-0.4, -0.2) is 49.6 Å². The van der Waals surface area contributed by atoms with E-state index in [9.17, 15) is 4.79 Å². The molecular weight excluding hydrogens is 214 g/mol. The second-order valence-electron chi connectivity index (χ2n) is 5.24. The minimum atomic E-state index is 0.250. The van der Waals surface area contributed by atoms with Crippen molar-refractivity contribution in [2.75, 3.05) is 32.7 Å². The molecule has 0 radical (unpaired) electrons. The Bertz CT molecular complexity index is 243. The number of likely N-dealkylation sites (tertiary alicyclic amines) is 1. The second kappa shape index (κ2) is 6.36. The molecule has 4 heteroatoms. The van der Waals surface area contributed by atoms with Gasteiger partial charge in [0.05, 0.1) is 0 Å². The summed E-state index contributed by atoms with van der Waals surface area (Å²) in [5.74, 6) is 0.543. The number of hydrogen-bond donors (Lipinski definition) is 2. The Morgan fingerprint density at radius 2 is 1.88 bits per heavy atom. The molecule has 2 rings (SSSR count). The number of rotatable bonds is 3. The third-order valence-corrected chi connectivity index (χ3v) is 4.09. The quantitative estimate of drug-likeness (QED) is 0.757. The Balaban J connectivity index is 1.71. The molecular formula is C13H25N3O. The van der Waals surface area contributed by atoms with Crippen LogP contribution >= 0.6 is 0 Å². The van der Waals surface area contributed by atoms with Crippen LogP contribution in [-0.2, 0) is 4.79 Å². The predicted molar refractivity (Wildman–Crippen MR) is 68.9 cm³/mol. The molecule has 0 aliphatic carbocycles. The lowest BCUT2D eigenvalue weighted by Crippen LogP contribution is -2.47. The third-order valence-electron chi connectivity index (χ3n) is 4.09. The van der Waals surface area contributed by atoms with Gasteiger partial charge in [-0.15, -0.1) is 0 Å². The number of hydrogen-bond acceptors (Lipinski definition) is 3. The van der Waals surface area contributed by atoms with Crippen molar-refractivity contribution in [2.45, 2.75) is 38.6 Å². The van der Waals surface area contributed by atoms with Gasteiger partial charge in [0.15, 0.2) is 0 Å². The van der Waals surface area contributed by atoms with Crippen molar-refractivity contribution in [3.05, 3.63) is 0 Å². The number of amides is 1. The van der Waals surface area contributed by atoms with E-state index in [0.717, 1.165) is 58.4 Å². The lowest BCUT2D eigenvalue weighted by Gasteiger charge is -2.32. The van der Waals surface area contributed by atoms with Crippen LogP contribution in [0.15, 0.2) is 0 Å². The van der Waals surface area contributed by atoms with Crippen LogP contribution in [0.3, 0.4) is 0 Å². The molecule has 17 heavy (non-hydrogen) atoms. The van der Waals surface area contributed by atoms with Crippen molar-refractivity contribution in [2.24, 2.45) is 5.92 Å². The normalized spacial score (nSPS) is 24.8. The van der Waals surface area contributed by atoms with Crippen LogP contribution < -0.4 is 10.6 Å². The van der Waals surface area contributed by atoms with Gasteiger partial charge in [0, 0.05) is 25.0 Å². The van der Waals surface area contributed by atoms with Gasteiger partial charge < -0.3 is 15.5 Å². The van der Waals surface area contributed by atoms with E-state index in [2.05, 4.69) is 22.5 Å². The lowest BCUT2D eigenvalue weighted by molar-refractivity contribution is -0.126. The lowest BCUT2D eigenvalue weighted by atomic mass is 9.96. The zero-order chi connectivity index (χ0) is 12.1. The van der Waals surface area contributed by atoms with Gasteiger partial charge in [-0.05, 0) is 45.3 Å². The van der Waals surface area contributed by atoms with Crippen molar-refractivity contribution in [1.82, 2.24) is 15.5 Å². The van der Waals surface area contributed by atoms with E-state index in [0.29, 0.717) is 11.9 Å². The van der Waals surface area contributed by atoms with Crippen molar-refractivity contribution >= 4 is 5.91 Å². The molecule has 0 spiro atoms. The highest BCUT2D eigenvalue weighted by atomic mass is 16.1. The third kappa shape index (κ3) is 3.68. The summed E-state index contributed by atoms with van der Waals surface area (Å²) in [6.07, 6.45) is 4.23. The van der Waals surface area contributed by atoms with Crippen LogP contribution in [0.25, 0.3) is 0 Å². The van der Waals surface area contributed by atoms with Crippen LogP contribution in [0.5, 0.6) is 0 Å². The number of nitrogens with zero attached hydrogens (tertiary/aromatic N) is 1. The molecule has 0 atom stereocenters. The molecule has 1 amide bonds.